The normalized spacial score (nSPS) is 11.4. The second-order valence-electron chi connectivity index (χ2n) is 3.34. The molecule has 1 heterocycles. The van der Waals surface area contributed by atoms with E-state index in [2.05, 4.69) is 10.3 Å². The van der Waals surface area contributed by atoms with E-state index in [1.54, 1.807) is 0 Å². The van der Waals surface area contributed by atoms with E-state index in [-0.39, 0.29) is 6.04 Å². The second-order valence-corrected chi connectivity index (χ2v) is 3.34. The Balaban J connectivity index is 3.24. The molecule has 1 rings (SSSR count). The molecule has 0 aliphatic heterocycles. The van der Waals surface area contributed by atoms with E-state index in [0.717, 1.165) is 4.68 Å². The Bertz CT molecular complexity index is 375. The first kappa shape index (κ1) is 12.5. The molecular formula is C9H13F2N3O2. The Hall–Kier alpha value is -1.53. The number of carboxylic acids is 1. The molecule has 0 fully saturated rings. The molecule has 0 amide bonds. The quantitative estimate of drug-likeness (QED) is 0.847. The number of aromatic nitrogens is 3. The highest BCUT2D eigenvalue weighted by Gasteiger charge is 2.28. The molecule has 0 aliphatic rings. The highest BCUT2D eigenvalue weighted by Crippen LogP contribution is 2.26. The van der Waals surface area contributed by atoms with E-state index in [4.69, 9.17) is 5.11 Å². The van der Waals surface area contributed by atoms with Crippen molar-refractivity contribution in [3.63, 3.8) is 0 Å². The van der Waals surface area contributed by atoms with Crippen LogP contribution in [-0.2, 0) is 0 Å². The van der Waals surface area contributed by atoms with Crippen molar-refractivity contribution in [3.05, 3.63) is 11.4 Å². The van der Waals surface area contributed by atoms with Gasteiger partial charge >= 0.3 is 5.97 Å². The average molecular weight is 233 g/mol. The lowest BCUT2D eigenvalue weighted by Gasteiger charge is -2.15. The predicted octanol–water partition coefficient (Wildman–Crippen LogP) is 2.28. The van der Waals surface area contributed by atoms with Crippen molar-refractivity contribution in [1.82, 2.24) is 15.0 Å². The minimum absolute atomic E-state index is 0.246. The highest BCUT2D eigenvalue weighted by atomic mass is 19.3. The van der Waals surface area contributed by atoms with Gasteiger partial charge in [-0.3, -0.25) is 0 Å². The van der Waals surface area contributed by atoms with Gasteiger partial charge < -0.3 is 5.11 Å². The van der Waals surface area contributed by atoms with Crippen molar-refractivity contribution in [2.45, 2.75) is 39.2 Å². The number of hydrogen-bond acceptors (Lipinski definition) is 3. The first-order chi connectivity index (χ1) is 7.52. The number of hydrogen-bond donors (Lipinski definition) is 1. The molecule has 0 saturated heterocycles. The number of alkyl halides is 2. The molecule has 0 unspecified atom stereocenters. The van der Waals surface area contributed by atoms with Crippen LogP contribution in [0.15, 0.2) is 0 Å². The van der Waals surface area contributed by atoms with Crippen LogP contribution in [0.25, 0.3) is 0 Å². The molecule has 1 aromatic heterocycles. The van der Waals surface area contributed by atoms with Crippen molar-refractivity contribution in [3.8, 4) is 0 Å². The number of aromatic carboxylic acids is 1. The Morgan fingerprint density at radius 1 is 1.44 bits per heavy atom. The van der Waals surface area contributed by atoms with Crippen LogP contribution in [0.4, 0.5) is 8.78 Å². The third-order valence-corrected chi connectivity index (χ3v) is 2.43. The fourth-order valence-electron chi connectivity index (χ4n) is 1.56. The minimum atomic E-state index is -2.89. The van der Waals surface area contributed by atoms with E-state index < -0.39 is 23.8 Å². The third-order valence-electron chi connectivity index (χ3n) is 2.43. The summed E-state index contributed by atoms with van der Waals surface area (Å²) in [6.45, 7) is 3.65. The Kier molecular flexibility index (Phi) is 3.92. The first-order valence-electron chi connectivity index (χ1n) is 4.99. The van der Waals surface area contributed by atoms with Gasteiger partial charge in [-0.25, -0.2) is 18.3 Å². The fraction of sp³-hybridized carbons (Fsp3) is 0.667. The van der Waals surface area contributed by atoms with Crippen LogP contribution in [0.5, 0.6) is 0 Å². The summed E-state index contributed by atoms with van der Waals surface area (Å²) in [5.41, 5.74) is -1.27. The third kappa shape index (κ3) is 2.17. The minimum Gasteiger partial charge on any atom is -0.476 e. The van der Waals surface area contributed by atoms with Gasteiger partial charge in [0.1, 0.15) is 5.69 Å². The lowest BCUT2D eigenvalue weighted by Crippen LogP contribution is -2.14. The predicted molar refractivity (Wildman–Crippen MR) is 51.6 cm³/mol. The first-order valence-corrected chi connectivity index (χ1v) is 4.99. The van der Waals surface area contributed by atoms with E-state index >= 15 is 0 Å². The van der Waals surface area contributed by atoms with E-state index in [1.807, 2.05) is 13.8 Å². The molecule has 1 N–H and O–H groups in total. The van der Waals surface area contributed by atoms with Gasteiger partial charge in [-0.05, 0) is 12.8 Å². The molecule has 0 aromatic carbocycles. The van der Waals surface area contributed by atoms with Crippen LogP contribution >= 0.6 is 0 Å². The number of halogens is 2. The smallest absolute Gasteiger partial charge is 0.358 e. The van der Waals surface area contributed by atoms with Gasteiger partial charge in [0.15, 0.2) is 5.69 Å². The van der Waals surface area contributed by atoms with E-state index in [1.165, 1.54) is 0 Å². The Morgan fingerprint density at radius 3 is 2.38 bits per heavy atom. The lowest BCUT2D eigenvalue weighted by molar-refractivity contribution is 0.0675. The maximum Gasteiger partial charge on any atom is 0.358 e. The van der Waals surface area contributed by atoms with Crippen LogP contribution in [0, 0.1) is 0 Å². The van der Waals surface area contributed by atoms with Crippen molar-refractivity contribution >= 4 is 5.97 Å². The molecule has 90 valence electrons. The topological polar surface area (TPSA) is 68.0 Å². The molecule has 0 saturated carbocycles. The van der Waals surface area contributed by atoms with Crippen LogP contribution in [0.3, 0.4) is 0 Å². The summed E-state index contributed by atoms with van der Waals surface area (Å²) >= 11 is 0. The standard InChI is InChI=1S/C9H13F2N3O2/c1-3-5(4-2)14-7(8(10)11)6(9(15)16)12-13-14/h5,8H,3-4H2,1-2H3,(H,15,16). The zero-order valence-electron chi connectivity index (χ0n) is 9.02. The number of carbonyl (C=O) groups is 1. The van der Waals surface area contributed by atoms with Gasteiger partial charge in [-0.15, -0.1) is 5.10 Å². The van der Waals surface area contributed by atoms with Gasteiger partial charge in [0.2, 0.25) is 0 Å². The Morgan fingerprint density at radius 2 is 2.00 bits per heavy atom. The summed E-state index contributed by atoms with van der Waals surface area (Å²) in [5.74, 6) is -1.48. The zero-order valence-corrected chi connectivity index (χ0v) is 9.02. The largest absolute Gasteiger partial charge is 0.476 e. The van der Waals surface area contributed by atoms with Gasteiger partial charge in [-0.2, -0.15) is 0 Å². The van der Waals surface area contributed by atoms with Crippen LogP contribution in [-0.4, -0.2) is 26.1 Å². The molecule has 5 nitrogen and oxygen atoms in total. The Labute approximate surface area is 91.1 Å². The number of nitrogens with zero attached hydrogens (tertiary/aromatic N) is 3. The molecule has 0 aliphatic carbocycles. The maximum absolute atomic E-state index is 12.8. The number of carboxylic acid groups (broad SMARTS) is 1. The lowest BCUT2D eigenvalue weighted by atomic mass is 10.1. The van der Waals surface area contributed by atoms with Gasteiger partial charge in [-0.1, -0.05) is 19.1 Å². The summed E-state index contributed by atoms with van der Waals surface area (Å²) in [4.78, 5) is 10.7. The zero-order chi connectivity index (χ0) is 12.3. The van der Waals surface area contributed by atoms with E-state index in [9.17, 15) is 13.6 Å². The van der Waals surface area contributed by atoms with Crippen molar-refractivity contribution in [2.75, 3.05) is 0 Å². The van der Waals surface area contributed by atoms with Gasteiger partial charge in [0.05, 0.1) is 6.04 Å². The SMILES string of the molecule is CCC(CC)n1nnc(C(=O)O)c1C(F)F. The summed E-state index contributed by atoms with van der Waals surface area (Å²) in [6.07, 6.45) is -1.70. The molecule has 0 bridgehead atoms. The van der Waals surface area contributed by atoms with Gasteiger partial charge in [0.25, 0.3) is 6.43 Å². The fourth-order valence-corrected chi connectivity index (χ4v) is 1.56. The van der Waals surface area contributed by atoms with Crippen molar-refractivity contribution in [2.24, 2.45) is 0 Å². The summed E-state index contributed by atoms with van der Waals surface area (Å²) in [5, 5.41) is 15.5. The van der Waals surface area contributed by atoms with Crippen molar-refractivity contribution < 1.29 is 18.7 Å². The summed E-state index contributed by atoms with van der Waals surface area (Å²) in [6, 6.07) is -0.246. The maximum atomic E-state index is 12.8. The summed E-state index contributed by atoms with van der Waals surface area (Å²) in [7, 11) is 0. The van der Waals surface area contributed by atoms with Gasteiger partial charge in [0, 0.05) is 0 Å². The molecule has 0 radical (unpaired) electrons. The van der Waals surface area contributed by atoms with Crippen LogP contribution in [0.1, 0.15) is 55.3 Å². The number of rotatable bonds is 5. The van der Waals surface area contributed by atoms with E-state index in [0.29, 0.717) is 12.8 Å². The van der Waals surface area contributed by atoms with Crippen LogP contribution < -0.4 is 0 Å². The molecule has 16 heavy (non-hydrogen) atoms. The molecular weight excluding hydrogens is 220 g/mol. The highest BCUT2D eigenvalue weighted by molar-refractivity contribution is 5.86. The second kappa shape index (κ2) is 5.00. The average Bonchev–Trinajstić information content (AvgIpc) is 2.64. The van der Waals surface area contributed by atoms with Crippen LogP contribution in [0.2, 0.25) is 0 Å². The summed E-state index contributed by atoms with van der Waals surface area (Å²) < 4.78 is 26.5. The molecule has 0 spiro atoms. The monoisotopic (exact) mass is 233 g/mol. The van der Waals surface area contributed by atoms with Crippen molar-refractivity contribution in [1.29, 1.82) is 0 Å². The molecule has 1 aromatic rings. The molecule has 7 heteroatoms. The molecule has 0 atom stereocenters.